The number of aromatic hydroxyl groups is 1. The molecule has 0 amide bonds. The van der Waals surface area contributed by atoms with Crippen molar-refractivity contribution >= 4 is 6.29 Å². The molecule has 0 saturated heterocycles. The molecule has 0 heterocycles. The van der Waals surface area contributed by atoms with E-state index in [1.54, 1.807) is 6.07 Å². The lowest BCUT2D eigenvalue weighted by molar-refractivity contribution is 0.111. The highest BCUT2D eigenvalue weighted by Gasteiger charge is 2.10. The molecule has 0 aromatic heterocycles. The van der Waals surface area contributed by atoms with Crippen LogP contribution in [0.25, 0.3) is 0 Å². The van der Waals surface area contributed by atoms with Gasteiger partial charge < -0.3 is 9.84 Å². The predicted octanol–water partition coefficient (Wildman–Crippen LogP) is 2.30. The highest BCUT2D eigenvalue weighted by Crippen LogP contribution is 2.28. The smallest absolute Gasteiger partial charge is 0.157 e. The number of rotatable bonds is 3. The maximum atomic E-state index is 10.7. The van der Waals surface area contributed by atoms with Crippen LogP contribution in [0.2, 0.25) is 0 Å². The molecule has 0 atom stereocenters. The first-order chi connectivity index (χ1) is 6.54. The predicted molar refractivity (Wildman–Crippen MR) is 54.0 cm³/mol. The molecule has 0 spiro atoms. The van der Waals surface area contributed by atoms with Crippen LogP contribution in [0.1, 0.15) is 29.8 Å². The Hall–Kier alpha value is -1.51. The largest absolute Gasteiger partial charge is 0.507 e. The highest BCUT2D eigenvalue weighted by atomic mass is 16.5. The minimum absolute atomic E-state index is 0.0186. The van der Waals surface area contributed by atoms with Crippen LogP contribution in [-0.4, -0.2) is 17.5 Å². The van der Waals surface area contributed by atoms with Crippen LogP contribution in [0.15, 0.2) is 12.1 Å². The van der Waals surface area contributed by atoms with E-state index in [1.807, 2.05) is 20.8 Å². The third-order valence-corrected chi connectivity index (χ3v) is 1.75. The molecule has 0 bridgehead atoms. The van der Waals surface area contributed by atoms with Crippen molar-refractivity contribution in [2.45, 2.75) is 26.9 Å². The number of hydrogen-bond acceptors (Lipinski definition) is 3. The molecule has 0 saturated carbocycles. The van der Waals surface area contributed by atoms with Gasteiger partial charge in [-0.15, -0.1) is 0 Å². The van der Waals surface area contributed by atoms with Crippen molar-refractivity contribution in [1.82, 2.24) is 0 Å². The second kappa shape index (κ2) is 4.13. The van der Waals surface area contributed by atoms with Gasteiger partial charge in [0.2, 0.25) is 0 Å². The average molecular weight is 194 g/mol. The summed E-state index contributed by atoms with van der Waals surface area (Å²) in [4.78, 5) is 10.7. The SMILES string of the molecule is Cc1cc(O)c(C=O)c(OC(C)C)c1. The van der Waals surface area contributed by atoms with Gasteiger partial charge >= 0.3 is 0 Å². The molecule has 76 valence electrons. The number of carbonyl (C=O) groups excluding carboxylic acids is 1. The molecule has 0 radical (unpaired) electrons. The number of ether oxygens (including phenoxy) is 1. The summed E-state index contributed by atoms with van der Waals surface area (Å²) in [5, 5.41) is 9.47. The number of phenolic OH excluding ortho intramolecular Hbond substituents is 1. The highest BCUT2D eigenvalue weighted by molar-refractivity contribution is 5.83. The van der Waals surface area contributed by atoms with Crippen molar-refractivity contribution in [2.75, 3.05) is 0 Å². The van der Waals surface area contributed by atoms with Gasteiger partial charge in [-0.25, -0.2) is 0 Å². The maximum absolute atomic E-state index is 10.7. The maximum Gasteiger partial charge on any atom is 0.157 e. The first kappa shape index (κ1) is 10.6. The average Bonchev–Trinajstić information content (AvgIpc) is 2.01. The topological polar surface area (TPSA) is 46.5 Å². The van der Waals surface area contributed by atoms with Crippen molar-refractivity contribution < 1.29 is 14.6 Å². The van der Waals surface area contributed by atoms with Gasteiger partial charge in [0.05, 0.1) is 11.7 Å². The van der Waals surface area contributed by atoms with E-state index in [0.29, 0.717) is 12.0 Å². The summed E-state index contributed by atoms with van der Waals surface area (Å²) in [5.41, 5.74) is 1.08. The number of aryl methyl sites for hydroxylation is 1. The lowest BCUT2D eigenvalue weighted by atomic mass is 10.1. The van der Waals surface area contributed by atoms with Crippen LogP contribution in [0.5, 0.6) is 11.5 Å². The lowest BCUT2D eigenvalue weighted by Crippen LogP contribution is -2.07. The first-order valence-electron chi connectivity index (χ1n) is 4.50. The molecule has 14 heavy (non-hydrogen) atoms. The van der Waals surface area contributed by atoms with Crippen molar-refractivity contribution in [2.24, 2.45) is 0 Å². The zero-order valence-electron chi connectivity index (χ0n) is 8.57. The van der Waals surface area contributed by atoms with E-state index in [2.05, 4.69) is 0 Å². The Morgan fingerprint density at radius 3 is 2.57 bits per heavy atom. The summed E-state index contributed by atoms with van der Waals surface area (Å²) in [7, 11) is 0. The van der Waals surface area contributed by atoms with Crippen molar-refractivity contribution in [3.8, 4) is 11.5 Å². The number of phenols is 1. The second-order valence-electron chi connectivity index (χ2n) is 3.48. The van der Waals surface area contributed by atoms with Crippen molar-refractivity contribution in [3.63, 3.8) is 0 Å². The van der Waals surface area contributed by atoms with Crippen molar-refractivity contribution in [1.29, 1.82) is 0 Å². The zero-order chi connectivity index (χ0) is 10.7. The Labute approximate surface area is 83.3 Å². The van der Waals surface area contributed by atoms with Gasteiger partial charge in [0.15, 0.2) is 6.29 Å². The van der Waals surface area contributed by atoms with Gasteiger partial charge in [0, 0.05) is 0 Å². The number of aldehydes is 1. The Morgan fingerprint density at radius 1 is 1.43 bits per heavy atom. The zero-order valence-corrected chi connectivity index (χ0v) is 8.57. The van der Waals surface area contributed by atoms with Crippen LogP contribution in [-0.2, 0) is 0 Å². The number of carbonyl (C=O) groups is 1. The molecule has 0 aliphatic rings. The molecule has 3 heteroatoms. The van der Waals surface area contributed by atoms with Gasteiger partial charge in [0.1, 0.15) is 11.5 Å². The summed E-state index contributed by atoms with van der Waals surface area (Å²) in [5.74, 6) is 0.406. The first-order valence-corrected chi connectivity index (χ1v) is 4.50. The summed E-state index contributed by atoms with van der Waals surface area (Å²) in [6.45, 7) is 5.57. The minimum atomic E-state index is -0.0318. The van der Waals surface area contributed by atoms with Gasteiger partial charge in [0.25, 0.3) is 0 Å². The van der Waals surface area contributed by atoms with Gasteiger partial charge in [-0.3, -0.25) is 4.79 Å². The quantitative estimate of drug-likeness (QED) is 0.751. The van der Waals surface area contributed by atoms with Crippen LogP contribution in [0, 0.1) is 6.92 Å². The van der Waals surface area contributed by atoms with E-state index in [0.717, 1.165) is 5.56 Å². The van der Waals surface area contributed by atoms with E-state index in [-0.39, 0.29) is 17.4 Å². The summed E-state index contributed by atoms with van der Waals surface area (Å²) in [6.07, 6.45) is 0.585. The molecule has 0 fully saturated rings. The monoisotopic (exact) mass is 194 g/mol. The number of hydrogen-bond donors (Lipinski definition) is 1. The molecular weight excluding hydrogens is 180 g/mol. The minimum Gasteiger partial charge on any atom is -0.507 e. The van der Waals surface area contributed by atoms with Crippen LogP contribution in [0.4, 0.5) is 0 Å². The Kier molecular flexibility index (Phi) is 3.12. The lowest BCUT2D eigenvalue weighted by Gasteiger charge is -2.13. The summed E-state index contributed by atoms with van der Waals surface area (Å²) >= 11 is 0. The fraction of sp³-hybridized carbons (Fsp3) is 0.364. The van der Waals surface area contributed by atoms with E-state index >= 15 is 0 Å². The molecule has 1 aromatic rings. The molecule has 1 N–H and O–H groups in total. The van der Waals surface area contributed by atoms with E-state index in [4.69, 9.17) is 4.74 Å². The Bertz CT molecular complexity index is 343. The molecule has 0 unspecified atom stereocenters. The number of benzene rings is 1. The summed E-state index contributed by atoms with van der Waals surface area (Å²) in [6, 6.07) is 3.28. The van der Waals surface area contributed by atoms with Gasteiger partial charge in [-0.05, 0) is 38.5 Å². The van der Waals surface area contributed by atoms with Gasteiger partial charge in [-0.1, -0.05) is 0 Å². The third kappa shape index (κ3) is 2.25. The Morgan fingerprint density at radius 2 is 2.07 bits per heavy atom. The normalized spacial score (nSPS) is 10.3. The van der Waals surface area contributed by atoms with E-state index < -0.39 is 0 Å². The standard InChI is InChI=1S/C11H14O3/c1-7(2)14-11-5-8(3)4-10(13)9(11)6-12/h4-7,13H,1-3H3. The van der Waals surface area contributed by atoms with Crippen LogP contribution in [0.3, 0.4) is 0 Å². The molecule has 3 nitrogen and oxygen atoms in total. The molecule has 0 aliphatic carbocycles. The molecular formula is C11H14O3. The fourth-order valence-electron chi connectivity index (χ4n) is 1.22. The molecule has 1 rings (SSSR count). The second-order valence-corrected chi connectivity index (χ2v) is 3.48. The molecule has 1 aromatic carbocycles. The van der Waals surface area contributed by atoms with E-state index in [9.17, 15) is 9.90 Å². The van der Waals surface area contributed by atoms with Crippen molar-refractivity contribution in [3.05, 3.63) is 23.3 Å². The van der Waals surface area contributed by atoms with E-state index in [1.165, 1.54) is 6.07 Å². The Balaban J connectivity index is 3.17. The van der Waals surface area contributed by atoms with Crippen LogP contribution >= 0.6 is 0 Å². The molecule has 0 aliphatic heterocycles. The summed E-state index contributed by atoms with van der Waals surface area (Å²) < 4.78 is 5.41. The fourth-order valence-corrected chi connectivity index (χ4v) is 1.22. The third-order valence-electron chi connectivity index (χ3n) is 1.75. The van der Waals surface area contributed by atoms with Gasteiger partial charge in [-0.2, -0.15) is 0 Å². The van der Waals surface area contributed by atoms with Crippen LogP contribution < -0.4 is 4.74 Å².